The van der Waals surface area contributed by atoms with Gasteiger partial charge in [0.05, 0.1) is 12.2 Å². The maximum Gasteiger partial charge on any atom is 0.266 e. The Kier molecular flexibility index (Phi) is 5.00. The summed E-state index contributed by atoms with van der Waals surface area (Å²) in [6.07, 6.45) is 1.16. The number of ketones is 1. The van der Waals surface area contributed by atoms with Gasteiger partial charge in [0.2, 0.25) is 0 Å². The second-order valence-corrected chi connectivity index (χ2v) is 4.81. The number of rotatable bonds is 6. The number of nitrogens with zero attached hydrogens (tertiary/aromatic N) is 2. The molecule has 0 aliphatic carbocycles. The molecule has 110 valence electrons. The standard InChI is InChI=1S/C16H19N3O2/c1-2-19-16(21)10-9-15(18-19)13-6-3-12(4-7-13)5-8-14(20)11-17/h3-4,6-7,9-10H,2,5,8,11,17H2,1H3. The van der Waals surface area contributed by atoms with Crippen molar-refractivity contribution in [3.05, 3.63) is 52.3 Å². The highest BCUT2D eigenvalue weighted by atomic mass is 16.1. The molecule has 0 saturated carbocycles. The summed E-state index contributed by atoms with van der Waals surface area (Å²) in [5.41, 5.74) is 7.99. The normalized spacial score (nSPS) is 10.6. The highest BCUT2D eigenvalue weighted by molar-refractivity contribution is 5.80. The molecule has 0 radical (unpaired) electrons. The predicted octanol–water partition coefficient (Wildman–Crippen LogP) is 1.39. The lowest BCUT2D eigenvalue weighted by molar-refractivity contribution is -0.117. The molecule has 0 unspecified atom stereocenters. The molecular weight excluding hydrogens is 266 g/mol. The number of carbonyl (C=O) groups is 1. The summed E-state index contributed by atoms with van der Waals surface area (Å²) >= 11 is 0. The minimum atomic E-state index is -0.0989. The SMILES string of the molecule is CCn1nc(-c2ccc(CCC(=O)CN)cc2)ccc1=O. The molecule has 21 heavy (non-hydrogen) atoms. The fourth-order valence-corrected chi connectivity index (χ4v) is 2.06. The minimum absolute atomic E-state index is 0.0655. The zero-order valence-corrected chi connectivity index (χ0v) is 12.1. The van der Waals surface area contributed by atoms with Gasteiger partial charge in [-0.05, 0) is 25.0 Å². The van der Waals surface area contributed by atoms with Crippen LogP contribution in [0.4, 0.5) is 0 Å². The average molecular weight is 285 g/mol. The van der Waals surface area contributed by atoms with Crippen LogP contribution in [-0.4, -0.2) is 22.1 Å². The van der Waals surface area contributed by atoms with E-state index in [1.807, 2.05) is 31.2 Å². The second-order valence-electron chi connectivity index (χ2n) is 4.81. The topological polar surface area (TPSA) is 78.0 Å². The van der Waals surface area contributed by atoms with Crippen molar-refractivity contribution in [2.75, 3.05) is 6.54 Å². The van der Waals surface area contributed by atoms with E-state index in [9.17, 15) is 9.59 Å². The Morgan fingerprint density at radius 3 is 2.52 bits per heavy atom. The molecule has 0 saturated heterocycles. The van der Waals surface area contributed by atoms with Crippen molar-refractivity contribution in [1.29, 1.82) is 0 Å². The lowest BCUT2D eigenvalue weighted by Crippen LogP contribution is -2.20. The van der Waals surface area contributed by atoms with Gasteiger partial charge in [-0.3, -0.25) is 9.59 Å². The fraction of sp³-hybridized carbons (Fsp3) is 0.312. The molecule has 1 heterocycles. The van der Waals surface area contributed by atoms with Gasteiger partial charge >= 0.3 is 0 Å². The fourth-order valence-electron chi connectivity index (χ4n) is 2.06. The number of hydrogen-bond donors (Lipinski definition) is 1. The van der Waals surface area contributed by atoms with Crippen molar-refractivity contribution in [1.82, 2.24) is 9.78 Å². The van der Waals surface area contributed by atoms with E-state index in [1.54, 1.807) is 6.07 Å². The zero-order valence-electron chi connectivity index (χ0n) is 12.1. The lowest BCUT2D eigenvalue weighted by atomic mass is 10.0. The van der Waals surface area contributed by atoms with Gasteiger partial charge in [0.1, 0.15) is 5.78 Å². The molecule has 2 aromatic rings. The Morgan fingerprint density at radius 1 is 1.19 bits per heavy atom. The van der Waals surface area contributed by atoms with Crippen molar-refractivity contribution in [3.8, 4) is 11.3 Å². The van der Waals surface area contributed by atoms with Crippen molar-refractivity contribution in [3.63, 3.8) is 0 Å². The smallest absolute Gasteiger partial charge is 0.266 e. The van der Waals surface area contributed by atoms with Crippen molar-refractivity contribution in [2.24, 2.45) is 5.73 Å². The van der Waals surface area contributed by atoms with Crippen LogP contribution in [0.25, 0.3) is 11.3 Å². The second kappa shape index (κ2) is 6.95. The molecule has 0 aliphatic heterocycles. The van der Waals surface area contributed by atoms with Crippen LogP contribution < -0.4 is 11.3 Å². The van der Waals surface area contributed by atoms with Crippen LogP contribution in [0.2, 0.25) is 0 Å². The number of hydrogen-bond acceptors (Lipinski definition) is 4. The summed E-state index contributed by atoms with van der Waals surface area (Å²) in [6.45, 7) is 2.53. The van der Waals surface area contributed by atoms with Gasteiger partial charge in [-0.15, -0.1) is 0 Å². The molecule has 0 spiro atoms. The quantitative estimate of drug-likeness (QED) is 0.870. The van der Waals surface area contributed by atoms with E-state index in [-0.39, 0.29) is 17.9 Å². The molecule has 5 heteroatoms. The molecule has 0 fully saturated rings. The van der Waals surface area contributed by atoms with Gasteiger partial charge < -0.3 is 5.73 Å². The summed E-state index contributed by atoms with van der Waals surface area (Å²) in [5.74, 6) is 0.0655. The van der Waals surface area contributed by atoms with Crippen molar-refractivity contribution >= 4 is 5.78 Å². The Hall–Kier alpha value is -2.27. The third kappa shape index (κ3) is 3.86. The molecular formula is C16H19N3O2. The maximum absolute atomic E-state index is 11.5. The first-order valence-corrected chi connectivity index (χ1v) is 7.03. The first kappa shape index (κ1) is 15.1. The number of benzene rings is 1. The third-order valence-electron chi connectivity index (χ3n) is 3.34. The molecule has 1 aromatic heterocycles. The van der Waals surface area contributed by atoms with E-state index in [4.69, 9.17) is 5.73 Å². The van der Waals surface area contributed by atoms with Crippen LogP contribution in [0.1, 0.15) is 18.9 Å². The number of nitrogens with two attached hydrogens (primary N) is 1. The molecule has 5 nitrogen and oxygen atoms in total. The van der Waals surface area contributed by atoms with E-state index in [0.717, 1.165) is 16.8 Å². The Labute approximate surface area is 123 Å². The van der Waals surface area contributed by atoms with Gasteiger partial charge in [0.25, 0.3) is 5.56 Å². The van der Waals surface area contributed by atoms with Crippen LogP contribution in [-0.2, 0) is 17.8 Å². The van der Waals surface area contributed by atoms with Crippen LogP contribution in [0, 0.1) is 0 Å². The first-order valence-electron chi connectivity index (χ1n) is 7.03. The first-order chi connectivity index (χ1) is 10.1. The summed E-state index contributed by atoms with van der Waals surface area (Å²) in [6, 6.07) is 11.1. The maximum atomic E-state index is 11.5. The molecule has 0 aliphatic rings. The summed E-state index contributed by atoms with van der Waals surface area (Å²) in [7, 11) is 0. The van der Waals surface area contributed by atoms with Gasteiger partial charge in [-0.1, -0.05) is 24.3 Å². The van der Waals surface area contributed by atoms with Gasteiger partial charge in [-0.25, -0.2) is 4.68 Å². The number of carbonyl (C=O) groups excluding carboxylic acids is 1. The molecule has 1 aromatic carbocycles. The van der Waals surface area contributed by atoms with Crippen LogP contribution in [0.15, 0.2) is 41.2 Å². The van der Waals surface area contributed by atoms with Crippen molar-refractivity contribution in [2.45, 2.75) is 26.3 Å². The number of Topliss-reactive ketones (excluding diaryl/α,β-unsaturated/α-hetero) is 1. The molecule has 0 atom stereocenters. The highest BCUT2D eigenvalue weighted by Crippen LogP contribution is 2.17. The van der Waals surface area contributed by atoms with Gasteiger partial charge in [-0.2, -0.15) is 5.10 Å². The number of aryl methyl sites for hydroxylation is 2. The predicted molar refractivity (Wildman–Crippen MR) is 82.0 cm³/mol. The summed E-state index contributed by atoms with van der Waals surface area (Å²) in [5, 5.41) is 4.31. The summed E-state index contributed by atoms with van der Waals surface area (Å²) in [4.78, 5) is 22.7. The van der Waals surface area contributed by atoms with Crippen LogP contribution in [0.3, 0.4) is 0 Å². The monoisotopic (exact) mass is 285 g/mol. The largest absolute Gasteiger partial charge is 0.324 e. The molecule has 2 N–H and O–H groups in total. The Morgan fingerprint density at radius 2 is 1.90 bits per heavy atom. The highest BCUT2D eigenvalue weighted by Gasteiger charge is 2.04. The van der Waals surface area contributed by atoms with Gasteiger partial charge in [0.15, 0.2) is 0 Å². The molecule has 2 rings (SSSR count). The van der Waals surface area contributed by atoms with Gasteiger partial charge in [0, 0.05) is 24.6 Å². The minimum Gasteiger partial charge on any atom is -0.324 e. The Bertz CT molecular complexity index is 675. The van der Waals surface area contributed by atoms with E-state index >= 15 is 0 Å². The zero-order chi connectivity index (χ0) is 15.2. The molecule has 0 amide bonds. The Balaban J connectivity index is 2.15. The van der Waals surface area contributed by atoms with Crippen LogP contribution >= 0.6 is 0 Å². The van der Waals surface area contributed by atoms with E-state index in [2.05, 4.69) is 5.10 Å². The lowest BCUT2D eigenvalue weighted by Gasteiger charge is -2.06. The van der Waals surface area contributed by atoms with Crippen LogP contribution in [0.5, 0.6) is 0 Å². The average Bonchev–Trinajstić information content (AvgIpc) is 2.53. The van der Waals surface area contributed by atoms with E-state index < -0.39 is 0 Å². The number of aromatic nitrogens is 2. The third-order valence-corrected chi connectivity index (χ3v) is 3.34. The summed E-state index contributed by atoms with van der Waals surface area (Å²) < 4.78 is 1.43. The molecule has 0 bridgehead atoms. The van der Waals surface area contributed by atoms with E-state index in [0.29, 0.717) is 19.4 Å². The van der Waals surface area contributed by atoms with Crippen molar-refractivity contribution < 1.29 is 4.79 Å². The van der Waals surface area contributed by atoms with E-state index in [1.165, 1.54) is 10.7 Å².